The summed E-state index contributed by atoms with van der Waals surface area (Å²) in [5.41, 5.74) is 2.22. The predicted molar refractivity (Wildman–Crippen MR) is 72.6 cm³/mol. The van der Waals surface area contributed by atoms with Crippen molar-refractivity contribution in [3.8, 4) is 11.3 Å². The molecule has 0 bridgehead atoms. The molecule has 0 spiro atoms. The number of halogens is 1. The maximum atomic E-state index is 11.2. The Morgan fingerprint density at radius 1 is 1.16 bits per heavy atom. The highest BCUT2D eigenvalue weighted by Crippen LogP contribution is 2.26. The molecule has 0 saturated carbocycles. The average Bonchev–Trinajstić information content (AvgIpc) is 2.79. The van der Waals surface area contributed by atoms with Crippen molar-refractivity contribution in [1.82, 2.24) is 9.38 Å². The fourth-order valence-corrected chi connectivity index (χ4v) is 2.13. The third-order valence-electron chi connectivity index (χ3n) is 2.86. The zero-order valence-electron chi connectivity index (χ0n) is 9.75. The molecule has 4 nitrogen and oxygen atoms in total. The molecule has 94 valence electrons. The Bertz CT molecular complexity index is 763. The van der Waals surface area contributed by atoms with Crippen LogP contribution < -0.4 is 0 Å². The van der Waals surface area contributed by atoms with E-state index in [2.05, 4.69) is 4.98 Å². The van der Waals surface area contributed by atoms with Crippen LogP contribution in [0.3, 0.4) is 0 Å². The summed E-state index contributed by atoms with van der Waals surface area (Å²) in [5, 5.41) is 9.81. The standard InChI is InChI=1S/C14H9ClN2O2/c15-10-6-4-9(5-7-10)12-11-3-1-2-8-17(11)13(16-12)14(18)19/h1-8H,(H,18,19). The Hall–Kier alpha value is -2.33. The maximum Gasteiger partial charge on any atom is 0.372 e. The van der Waals surface area contributed by atoms with Gasteiger partial charge in [-0.1, -0.05) is 29.8 Å². The third-order valence-corrected chi connectivity index (χ3v) is 3.11. The van der Waals surface area contributed by atoms with Crippen molar-refractivity contribution < 1.29 is 9.90 Å². The number of nitrogens with zero attached hydrogens (tertiary/aromatic N) is 2. The molecule has 1 N–H and O–H groups in total. The minimum atomic E-state index is -1.05. The normalized spacial score (nSPS) is 10.8. The summed E-state index contributed by atoms with van der Waals surface area (Å²) >= 11 is 5.85. The van der Waals surface area contributed by atoms with Crippen molar-refractivity contribution in [3.63, 3.8) is 0 Å². The van der Waals surface area contributed by atoms with Gasteiger partial charge in [-0.3, -0.25) is 4.40 Å². The molecule has 0 unspecified atom stereocenters. The molecule has 0 fully saturated rings. The average molecular weight is 273 g/mol. The highest BCUT2D eigenvalue weighted by molar-refractivity contribution is 6.30. The number of pyridine rings is 1. The van der Waals surface area contributed by atoms with E-state index in [0.29, 0.717) is 10.7 Å². The molecular formula is C14H9ClN2O2. The summed E-state index contributed by atoms with van der Waals surface area (Å²) in [7, 11) is 0. The molecule has 2 heterocycles. The van der Waals surface area contributed by atoms with E-state index in [1.807, 2.05) is 24.3 Å². The van der Waals surface area contributed by atoms with E-state index in [-0.39, 0.29) is 5.82 Å². The van der Waals surface area contributed by atoms with Gasteiger partial charge in [-0.05, 0) is 24.3 Å². The maximum absolute atomic E-state index is 11.2. The van der Waals surface area contributed by atoms with E-state index in [9.17, 15) is 9.90 Å². The first-order valence-corrected chi connectivity index (χ1v) is 6.01. The lowest BCUT2D eigenvalue weighted by atomic mass is 10.1. The summed E-state index contributed by atoms with van der Waals surface area (Å²) in [6.07, 6.45) is 1.69. The summed E-state index contributed by atoms with van der Waals surface area (Å²) in [6.45, 7) is 0. The van der Waals surface area contributed by atoms with Gasteiger partial charge in [0.15, 0.2) is 0 Å². The zero-order valence-corrected chi connectivity index (χ0v) is 10.5. The van der Waals surface area contributed by atoms with Crippen LogP contribution in [0, 0.1) is 0 Å². The third kappa shape index (κ3) is 1.96. The second-order valence-electron chi connectivity index (χ2n) is 4.05. The number of carbonyl (C=O) groups is 1. The minimum absolute atomic E-state index is 0.000509. The summed E-state index contributed by atoms with van der Waals surface area (Å²) in [6, 6.07) is 12.6. The van der Waals surface area contributed by atoms with Crippen LogP contribution in [0.4, 0.5) is 0 Å². The molecule has 3 aromatic rings. The smallest absolute Gasteiger partial charge is 0.372 e. The van der Waals surface area contributed by atoms with Gasteiger partial charge in [-0.2, -0.15) is 0 Å². The van der Waals surface area contributed by atoms with Crippen LogP contribution in [0.25, 0.3) is 16.8 Å². The van der Waals surface area contributed by atoms with Crippen LogP contribution in [-0.4, -0.2) is 20.5 Å². The molecule has 0 saturated heterocycles. The Balaban J connectivity index is 2.29. The predicted octanol–water partition coefficient (Wildman–Crippen LogP) is 3.35. The van der Waals surface area contributed by atoms with Gasteiger partial charge < -0.3 is 5.11 Å². The highest BCUT2D eigenvalue weighted by atomic mass is 35.5. The molecule has 0 amide bonds. The molecule has 0 aliphatic carbocycles. The van der Waals surface area contributed by atoms with Gasteiger partial charge in [0.05, 0.1) is 11.2 Å². The Morgan fingerprint density at radius 3 is 2.58 bits per heavy atom. The van der Waals surface area contributed by atoms with Crippen LogP contribution in [0.15, 0.2) is 48.7 Å². The number of rotatable bonds is 2. The van der Waals surface area contributed by atoms with Gasteiger partial charge in [-0.25, -0.2) is 9.78 Å². The number of carboxylic acid groups (broad SMARTS) is 1. The van der Waals surface area contributed by atoms with Gasteiger partial charge in [0.25, 0.3) is 0 Å². The molecule has 0 radical (unpaired) electrons. The van der Waals surface area contributed by atoms with Crippen LogP contribution in [0.1, 0.15) is 10.6 Å². The van der Waals surface area contributed by atoms with Crippen molar-refractivity contribution in [2.45, 2.75) is 0 Å². The van der Waals surface area contributed by atoms with Crippen LogP contribution >= 0.6 is 11.6 Å². The Kier molecular flexibility index (Phi) is 2.72. The molecule has 1 aromatic carbocycles. The zero-order chi connectivity index (χ0) is 13.4. The van der Waals surface area contributed by atoms with Crippen molar-refractivity contribution >= 4 is 23.1 Å². The number of hydrogen-bond acceptors (Lipinski definition) is 2. The summed E-state index contributed by atoms with van der Waals surface area (Å²) in [4.78, 5) is 15.4. The Morgan fingerprint density at radius 2 is 1.89 bits per heavy atom. The number of imidazole rings is 1. The largest absolute Gasteiger partial charge is 0.475 e. The molecule has 0 atom stereocenters. The molecule has 19 heavy (non-hydrogen) atoms. The van der Waals surface area contributed by atoms with E-state index in [1.54, 1.807) is 28.8 Å². The number of aromatic nitrogens is 2. The van der Waals surface area contributed by atoms with E-state index < -0.39 is 5.97 Å². The fraction of sp³-hybridized carbons (Fsp3) is 0. The van der Waals surface area contributed by atoms with Crippen molar-refractivity contribution in [2.24, 2.45) is 0 Å². The van der Waals surface area contributed by atoms with E-state index in [1.165, 1.54) is 0 Å². The number of aromatic carboxylic acids is 1. The topological polar surface area (TPSA) is 54.6 Å². The van der Waals surface area contributed by atoms with Crippen molar-refractivity contribution in [3.05, 3.63) is 59.5 Å². The van der Waals surface area contributed by atoms with Gasteiger partial charge in [0, 0.05) is 16.8 Å². The van der Waals surface area contributed by atoms with Gasteiger partial charge >= 0.3 is 5.97 Å². The summed E-state index contributed by atoms with van der Waals surface area (Å²) in [5.74, 6) is -1.05. The van der Waals surface area contributed by atoms with Crippen molar-refractivity contribution in [1.29, 1.82) is 0 Å². The molecule has 0 aliphatic rings. The molecule has 2 aromatic heterocycles. The lowest BCUT2D eigenvalue weighted by Gasteiger charge is -1.98. The monoisotopic (exact) mass is 272 g/mol. The van der Waals surface area contributed by atoms with Crippen molar-refractivity contribution in [2.75, 3.05) is 0 Å². The molecule has 0 aliphatic heterocycles. The van der Waals surface area contributed by atoms with E-state index in [4.69, 9.17) is 11.6 Å². The molecular weight excluding hydrogens is 264 g/mol. The van der Waals surface area contributed by atoms with Crippen LogP contribution in [-0.2, 0) is 0 Å². The second-order valence-corrected chi connectivity index (χ2v) is 4.49. The second kappa shape index (κ2) is 4.40. The number of carboxylic acids is 1. The molecule has 3 rings (SSSR count). The van der Waals surface area contributed by atoms with E-state index in [0.717, 1.165) is 11.1 Å². The molecule has 5 heteroatoms. The first-order chi connectivity index (χ1) is 9.16. The number of fused-ring (bicyclic) bond motifs is 1. The van der Waals surface area contributed by atoms with E-state index >= 15 is 0 Å². The first-order valence-electron chi connectivity index (χ1n) is 5.63. The van der Waals surface area contributed by atoms with Gasteiger partial charge in [0.1, 0.15) is 0 Å². The Labute approximate surface area is 113 Å². The number of benzene rings is 1. The SMILES string of the molecule is O=C(O)c1nc(-c2ccc(Cl)cc2)c2ccccn12. The van der Waals surface area contributed by atoms with Crippen LogP contribution in [0.5, 0.6) is 0 Å². The van der Waals surface area contributed by atoms with Crippen LogP contribution in [0.2, 0.25) is 5.02 Å². The van der Waals surface area contributed by atoms with Gasteiger partial charge in [-0.15, -0.1) is 0 Å². The lowest BCUT2D eigenvalue weighted by molar-refractivity contribution is 0.0683. The quantitative estimate of drug-likeness (QED) is 0.778. The summed E-state index contributed by atoms with van der Waals surface area (Å²) < 4.78 is 1.56. The minimum Gasteiger partial charge on any atom is -0.475 e. The number of hydrogen-bond donors (Lipinski definition) is 1. The highest BCUT2D eigenvalue weighted by Gasteiger charge is 2.16. The lowest BCUT2D eigenvalue weighted by Crippen LogP contribution is -2.02. The fourth-order valence-electron chi connectivity index (χ4n) is 2.01. The van der Waals surface area contributed by atoms with Gasteiger partial charge in [0.2, 0.25) is 5.82 Å². The first kappa shape index (κ1) is 11.7.